The SMILES string of the molecule is CC(NNC(=O)OC(C)(C)C)c1ccc(F)c(F)c1. The first-order chi connectivity index (χ1) is 8.69. The van der Waals surface area contributed by atoms with Crippen molar-refractivity contribution in [2.24, 2.45) is 0 Å². The fourth-order valence-corrected chi connectivity index (χ4v) is 1.34. The van der Waals surface area contributed by atoms with E-state index >= 15 is 0 Å². The second-order valence-electron chi connectivity index (χ2n) is 5.17. The summed E-state index contributed by atoms with van der Waals surface area (Å²) in [6.45, 7) is 6.92. The highest BCUT2D eigenvalue weighted by atomic mass is 19.2. The normalized spacial score (nSPS) is 12.9. The molecule has 0 aliphatic heterocycles. The average molecular weight is 272 g/mol. The Bertz CT molecular complexity index is 458. The molecule has 19 heavy (non-hydrogen) atoms. The van der Waals surface area contributed by atoms with Crippen LogP contribution in [-0.2, 0) is 4.74 Å². The van der Waals surface area contributed by atoms with Gasteiger partial charge in [0, 0.05) is 6.04 Å². The van der Waals surface area contributed by atoms with Gasteiger partial charge in [0.2, 0.25) is 0 Å². The first-order valence-electron chi connectivity index (χ1n) is 5.88. The Morgan fingerprint density at radius 2 is 1.89 bits per heavy atom. The van der Waals surface area contributed by atoms with E-state index in [0.717, 1.165) is 12.1 Å². The number of hydrogen-bond acceptors (Lipinski definition) is 3. The lowest BCUT2D eigenvalue weighted by Gasteiger charge is -2.21. The van der Waals surface area contributed by atoms with Gasteiger partial charge in [0.1, 0.15) is 5.60 Å². The van der Waals surface area contributed by atoms with Gasteiger partial charge in [-0.3, -0.25) is 5.43 Å². The topological polar surface area (TPSA) is 50.4 Å². The standard InChI is InChI=1S/C13H18F2N2O2/c1-8(9-5-6-10(14)11(15)7-9)16-17-12(18)19-13(2,3)4/h5-8,16H,1-4H3,(H,17,18). The molecule has 0 spiro atoms. The van der Waals surface area contributed by atoms with Crippen molar-refractivity contribution in [2.75, 3.05) is 0 Å². The van der Waals surface area contributed by atoms with E-state index in [-0.39, 0.29) is 6.04 Å². The first-order valence-corrected chi connectivity index (χ1v) is 5.88. The Balaban J connectivity index is 2.53. The van der Waals surface area contributed by atoms with Crippen molar-refractivity contribution >= 4 is 6.09 Å². The van der Waals surface area contributed by atoms with Crippen molar-refractivity contribution in [2.45, 2.75) is 39.3 Å². The highest BCUT2D eigenvalue weighted by molar-refractivity contribution is 5.67. The summed E-state index contributed by atoms with van der Waals surface area (Å²) in [7, 11) is 0. The van der Waals surface area contributed by atoms with Gasteiger partial charge in [-0.1, -0.05) is 6.07 Å². The quantitative estimate of drug-likeness (QED) is 0.831. The second kappa shape index (κ2) is 5.97. The average Bonchev–Trinajstić information content (AvgIpc) is 2.27. The van der Waals surface area contributed by atoms with Crippen molar-refractivity contribution in [3.63, 3.8) is 0 Å². The van der Waals surface area contributed by atoms with E-state index < -0.39 is 23.3 Å². The molecule has 1 atom stereocenters. The largest absolute Gasteiger partial charge is 0.443 e. The van der Waals surface area contributed by atoms with Gasteiger partial charge in [0.15, 0.2) is 11.6 Å². The van der Waals surface area contributed by atoms with E-state index in [2.05, 4.69) is 10.9 Å². The minimum Gasteiger partial charge on any atom is -0.443 e. The van der Waals surface area contributed by atoms with Gasteiger partial charge >= 0.3 is 6.09 Å². The molecule has 0 bridgehead atoms. The van der Waals surface area contributed by atoms with Crippen LogP contribution in [0.3, 0.4) is 0 Å². The third kappa shape index (κ3) is 5.21. The molecule has 1 rings (SSSR count). The van der Waals surface area contributed by atoms with Crippen LogP contribution in [0.15, 0.2) is 18.2 Å². The van der Waals surface area contributed by atoms with Gasteiger partial charge in [-0.05, 0) is 45.4 Å². The number of nitrogens with one attached hydrogen (secondary N) is 2. The molecule has 0 radical (unpaired) electrons. The van der Waals surface area contributed by atoms with Crippen molar-refractivity contribution < 1.29 is 18.3 Å². The van der Waals surface area contributed by atoms with Crippen LogP contribution in [0.2, 0.25) is 0 Å². The molecule has 0 saturated carbocycles. The van der Waals surface area contributed by atoms with Gasteiger partial charge in [-0.2, -0.15) is 0 Å². The summed E-state index contributed by atoms with van der Waals surface area (Å²) < 4.78 is 30.8. The van der Waals surface area contributed by atoms with Crippen LogP contribution in [0.5, 0.6) is 0 Å². The van der Waals surface area contributed by atoms with E-state index in [1.165, 1.54) is 6.07 Å². The van der Waals surface area contributed by atoms with Gasteiger partial charge in [-0.25, -0.2) is 19.0 Å². The summed E-state index contributed by atoms with van der Waals surface area (Å²) in [5.41, 5.74) is 4.91. The second-order valence-corrected chi connectivity index (χ2v) is 5.17. The third-order valence-corrected chi connectivity index (χ3v) is 2.23. The van der Waals surface area contributed by atoms with Crippen molar-refractivity contribution in [3.8, 4) is 0 Å². The Morgan fingerprint density at radius 1 is 1.26 bits per heavy atom. The number of ether oxygens (including phenoxy) is 1. The predicted octanol–water partition coefficient (Wildman–Crippen LogP) is 3.06. The molecule has 0 aliphatic carbocycles. The number of carbonyl (C=O) groups excluding carboxylic acids is 1. The smallest absolute Gasteiger partial charge is 0.422 e. The van der Waals surface area contributed by atoms with E-state index in [1.807, 2.05) is 0 Å². The fourth-order valence-electron chi connectivity index (χ4n) is 1.34. The molecule has 0 aliphatic rings. The zero-order valence-corrected chi connectivity index (χ0v) is 11.4. The van der Waals surface area contributed by atoms with Crippen molar-refractivity contribution in [3.05, 3.63) is 35.4 Å². The summed E-state index contributed by atoms with van der Waals surface area (Å²) in [5, 5.41) is 0. The van der Waals surface area contributed by atoms with Crippen LogP contribution in [0.1, 0.15) is 39.3 Å². The van der Waals surface area contributed by atoms with Crippen LogP contribution >= 0.6 is 0 Å². The Labute approximate surface area is 111 Å². The molecule has 0 saturated heterocycles. The highest BCUT2D eigenvalue weighted by Crippen LogP contribution is 2.15. The number of benzene rings is 1. The lowest BCUT2D eigenvalue weighted by atomic mass is 10.1. The maximum atomic E-state index is 13.0. The van der Waals surface area contributed by atoms with E-state index in [1.54, 1.807) is 27.7 Å². The maximum Gasteiger partial charge on any atom is 0.422 e. The number of hydrogen-bond donors (Lipinski definition) is 2. The van der Waals surface area contributed by atoms with E-state index in [0.29, 0.717) is 5.56 Å². The summed E-state index contributed by atoms with van der Waals surface area (Å²) in [4.78, 5) is 11.4. The molecule has 0 fully saturated rings. The number of rotatable bonds is 3. The highest BCUT2D eigenvalue weighted by Gasteiger charge is 2.17. The lowest BCUT2D eigenvalue weighted by molar-refractivity contribution is 0.0489. The zero-order chi connectivity index (χ0) is 14.6. The molecule has 6 heteroatoms. The third-order valence-electron chi connectivity index (χ3n) is 2.23. The van der Waals surface area contributed by atoms with E-state index in [4.69, 9.17) is 4.74 Å². The van der Waals surface area contributed by atoms with Crippen LogP contribution in [0.25, 0.3) is 0 Å². The molecule has 1 amide bonds. The number of carbonyl (C=O) groups is 1. The van der Waals surface area contributed by atoms with Crippen LogP contribution in [0.4, 0.5) is 13.6 Å². The zero-order valence-electron chi connectivity index (χ0n) is 11.4. The molecule has 2 N–H and O–H groups in total. The Hall–Kier alpha value is -1.69. The molecule has 1 aromatic rings. The number of hydrazine groups is 1. The van der Waals surface area contributed by atoms with Crippen LogP contribution in [-0.4, -0.2) is 11.7 Å². The van der Waals surface area contributed by atoms with Crippen molar-refractivity contribution in [1.82, 2.24) is 10.9 Å². The number of halogens is 2. The van der Waals surface area contributed by atoms with Gasteiger partial charge in [0.25, 0.3) is 0 Å². The lowest BCUT2D eigenvalue weighted by Crippen LogP contribution is -2.42. The monoisotopic (exact) mass is 272 g/mol. The van der Waals surface area contributed by atoms with Gasteiger partial charge in [0.05, 0.1) is 0 Å². The van der Waals surface area contributed by atoms with Gasteiger partial charge < -0.3 is 4.74 Å². The summed E-state index contributed by atoms with van der Waals surface area (Å²) in [6, 6.07) is 3.16. The maximum absolute atomic E-state index is 13.0. The molecule has 0 aromatic heterocycles. The Morgan fingerprint density at radius 3 is 2.42 bits per heavy atom. The molecular formula is C13H18F2N2O2. The number of amides is 1. The first kappa shape index (κ1) is 15.4. The fraction of sp³-hybridized carbons (Fsp3) is 0.462. The molecule has 4 nitrogen and oxygen atoms in total. The minimum atomic E-state index is -0.927. The molecule has 106 valence electrons. The predicted molar refractivity (Wildman–Crippen MR) is 67.3 cm³/mol. The Kier molecular flexibility index (Phi) is 4.83. The summed E-state index contributed by atoms with van der Waals surface area (Å²) in [6.07, 6.45) is -0.637. The summed E-state index contributed by atoms with van der Waals surface area (Å²) in [5.74, 6) is -1.83. The molecule has 1 unspecified atom stereocenters. The van der Waals surface area contributed by atoms with Crippen molar-refractivity contribution in [1.29, 1.82) is 0 Å². The van der Waals surface area contributed by atoms with Crippen LogP contribution in [0, 0.1) is 11.6 Å². The summed E-state index contributed by atoms with van der Waals surface area (Å²) >= 11 is 0. The molecular weight excluding hydrogens is 254 g/mol. The molecule has 1 aromatic carbocycles. The minimum absolute atomic E-state index is 0.386. The molecule has 0 heterocycles. The van der Waals surface area contributed by atoms with Gasteiger partial charge in [-0.15, -0.1) is 0 Å². The van der Waals surface area contributed by atoms with E-state index in [9.17, 15) is 13.6 Å². The van der Waals surface area contributed by atoms with Crippen LogP contribution < -0.4 is 10.9 Å².